The molecule has 0 aromatic carbocycles. The molecule has 2 aromatic rings. The van der Waals surface area contributed by atoms with Gasteiger partial charge in [0.05, 0.1) is 18.0 Å². The third kappa shape index (κ3) is 3.61. The molecule has 122 valence electrons. The maximum Gasteiger partial charge on any atom is 0.228 e. The Morgan fingerprint density at radius 2 is 2.30 bits per heavy atom. The molecule has 1 aliphatic rings. The first kappa shape index (κ1) is 15.7. The molecule has 3 heterocycles. The number of nitrogens with two attached hydrogens (primary N) is 1. The minimum absolute atomic E-state index is 0.0107. The summed E-state index contributed by atoms with van der Waals surface area (Å²) in [6, 6.07) is 3.77. The molecule has 0 radical (unpaired) electrons. The van der Waals surface area contributed by atoms with E-state index in [1.165, 1.54) is 11.3 Å². The minimum Gasteiger partial charge on any atom is -0.459 e. The zero-order valence-corrected chi connectivity index (χ0v) is 13.8. The number of likely N-dealkylation sites (tertiary alicyclic amines) is 1. The fraction of sp³-hybridized carbons (Fsp3) is 0.438. The highest BCUT2D eigenvalue weighted by atomic mass is 32.1. The number of piperidine rings is 1. The first-order valence-corrected chi connectivity index (χ1v) is 8.49. The van der Waals surface area contributed by atoms with Gasteiger partial charge in [-0.05, 0) is 31.9 Å². The number of primary amides is 1. The Kier molecular flexibility index (Phi) is 4.47. The van der Waals surface area contributed by atoms with Gasteiger partial charge in [-0.2, -0.15) is 0 Å². The molecule has 6 nitrogen and oxygen atoms in total. The van der Waals surface area contributed by atoms with Gasteiger partial charge in [-0.1, -0.05) is 0 Å². The normalized spacial score (nSPS) is 18.1. The Labute approximate surface area is 138 Å². The van der Waals surface area contributed by atoms with Crippen LogP contribution >= 0.6 is 11.3 Å². The van der Waals surface area contributed by atoms with Crippen molar-refractivity contribution in [3.05, 3.63) is 29.0 Å². The number of rotatable bonds is 4. The molecule has 2 aromatic heterocycles. The molecule has 0 saturated carbocycles. The van der Waals surface area contributed by atoms with Gasteiger partial charge in [0, 0.05) is 18.5 Å². The second-order valence-electron chi connectivity index (χ2n) is 5.81. The number of carbonyl (C=O) groups excluding carboxylic acids is 2. The van der Waals surface area contributed by atoms with Crippen molar-refractivity contribution in [3.8, 4) is 10.8 Å². The lowest BCUT2D eigenvalue weighted by Gasteiger charge is -2.31. The molecule has 2 N–H and O–H groups in total. The molecule has 3 rings (SSSR count). The van der Waals surface area contributed by atoms with Crippen molar-refractivity contribution in [1.29, 1.82) is 0 Å². The van der Waals surface area contributed by atoms with Crippen molar-refractivity contribution in [2.45, 2.75) is 26.2 Å². The average molecular weight is 333 g/mol. The Morgan fingerprint density at radius 1 is 1.48 bits per heavy atom. The van der Waals surface area contributed by atoms with Gasteiger partial charge in [0.15, 0.2) is 10.8 Å². The standard InChI is InChI=1S/C16H19N3O3S/c1-10-4-5-13(22-10)16-18-12(9-23-16)7-14(20)19-6-2-3-11(8-19)15(17)21/h4-5,9,11H,2-3,6-8H2,1H3,(H2,17,21). The van der Waals surface area contributed by atoms with Crippen LogP contribution in [0.1, 0.15) is 24.3 Å². The highest BCUT2D eigenvalue weighted by molar-refractivity contribution is 7.13. The second-order valence-corrected chi connectivity index (χ2v) is 6.67. The zero-order valence-electron chi connectivity index (χ0n) is 12.9. The van der Waals surface area contributed by atoms with Gasteiger partial charge in [-0.25, -0.2) is 4.98 Å². The quantitative estimate of drug-likeness (QED) is 0.926. The Balaban J connectivity index is 1.64. The zero-order chi connectivity index (χ0) is 16.4. The van der Waals surface area contributed by atoms with E-state index < -0.39 is 0 Å². The second kappa shape index (κ2) is 6.54. The smallest absolute Gasteiger partial charge is 0.228 e. The summed E-state index contributed by atoms with van der Waals surface area (Å²) in [4.78, 5) is 29.9. The predicted molar refractivity (Wildman–Crippen MR) is 86.8 cm³/mol. The van der Waals surface area contributed by atoms with Gasteiger partial charge < -0.3 is 15.1 Å². The average Bonchev–Trinajstić information content (AvgIpc) is 3.16. The van der Waals surface area contributed by atoms with E-state index >= 15 is 0 Å². The Bertz CT molecular complexity index is 722. The van der Waals surface area contributed by atoms with E-state index in [9.17, 15) is 9.59 Å². The number of hydrogen-bond donors (Lipinski definition) is 1. The number of amides is 2. The van der Waals surface area contributed by atoms with E-state index in [4.69, 9.17) is 10.2 Å². The molecule has 7 heteroatoms. The minimum atomic E-state index is -0.327. The van der Waals surface area contributed by atoms with Crippen LogP contribution in [-0.4, -0.2) is 34.8 Å². The molecule has 1 saturated heterocycles. The molecule has 2 amide bonds. The number of nitrogens with zero attached hydrogens (tertiary/aromatic N) is 2. The van der Waals surface area contributed by atoms with Crippen molar-refractivity contribution >= 4 is 23.2 Å². The number of thiazole rings is 1. The van der Waals surface area contributed by atoms with Crippen LogP contribution in [0.5, 0.6) is 0 Å². The molecule has 1 unspecified atom stereocenters. The monoisotopic (exact) mass is 333 g/mol. The van der Waals surface area contributed by atoms with Crippen LogP contribution in [0.25, 0.3) is 10.8 Å². The maximum atomic E-state index is 12.4. The van der Waals surface area contributed by atoms with E-state index in [1.807, 2.05) is 24.4 Å². The number of carbonyl (C=O) groups is 2. The molecular formula is C16H19N3O3S. The molecule has 1 atom stereocenters. The van der Waals surface area contributed by atoms with Gasteiger partial charge in [0.2, 0.25) is 11.8 Å². The van der Waals surface area contributed by atoms with Crippen LogP contribution < -0.4 is 5.73 Å². The molecular weight excluding hydrogens is 314 g/mol. The Morgan fingerprint density at radius 3 is 3.00 bits per heavy atom. The fourth-order valence-electron chi connectivity index (χ4n) is 2.75. The summed E-state index contributed by atoms with van der Waals surface area (Å²) in [5.74, 6) is 0.983. The summed E-state index contributed by atoms with van der Waals surface area (Å²) < 4.78 is 5.55. The molecule has 0 bridgehead atoms. The largest absolute Gasteiger partial charge is 0.459 e. The highest BCUT2D eigenvalue weighted by Crippen LogP contribution is 2.26. The first-order valence-electron chi connectivity index (χ1n) is 7.61. The topological polar surface area (TPSA) is 89.4 Å². The van der Waals surface area contributed by atoms with Gasteiger partial charge >= 0.3 is 0 Å². The van der Waals surface area contributed by atoms with Crippen LogP contribution in [-0.2, 0) is 16.0 Å². The lowest BCUT2D eigenvalue weighted by molar-refractivity contribution is -0.134. The maximum absolute atomic E-state index is 12.4. The number of aryl methyl sites for hydroxylation is 1. The van der Waals surface area contributed by atoms with E-state index in [2.05, 4.69) is 4.98 Å². The molecule has 23 heavy (non-hydrogen) atoms. The van der Waals surface area contributed by atoms with Crippen molar-refractivity contribution in [2.24, 2.45) is 11.7 Å². The number of hydrogen-bond acceptors (Lipinski definition) is 5. The molecule has 1 aliphatic heterocycles. The van der Waals surface area contributed by atoms with Crippen molar-refractivity contribution in [3.63, 3.8) is 0 Å². The molecule has 0 aliphatic carbocycles. The fourth-order valence-corrected chi connectivity index (χ4v) is 3.53. The SMILES string of the molecule is Cc1ccc(-c2nc(CC(=O)N3CCCC(C(N)=O)C3)cs2)o1. The van der Waals surface area contributed by atoms with E-state index in [0.717, 1.165) is 35.1 Å². The summed E-state index contributed by atoms with van der Waals surface area (Å²) in [5.41, 5.74) is 6.08. The highest BCUT2D eigenvalue weighted by Gasteiger charge is 2.27. The summed E-state index contributed by atoms with van der Waals surface area (Å²) in [6.45, 7) is 2.98. The molecule has 0 spiro atoms. The molecule has 1 fully saturated rings. The van der Waals surface area contributed by atoms with Gasteiger partial charge in [0.1, 0.15) is 5.76 Å². The summed E-state index contributed by atoms with van der Waals surface area (Å²) in [7, 11) is 0. The summed E-state index contributed by atoms with van der Waals surface area (Å²) in [6.07, 6.45) is 1.81. The van der Waals surface area contributed by atoms with Crippen molar-refractivity contribution in [1.82, 2.24) is 9.88 Å². The Hall–Kier alpha value is -2.15. The predicted octanol–water partition coefficient (Wildman–Crippen LogP) is 1.98. The van der Waals surface area contributed by atoms with Gasteiger partial charge in [-0.15, -0.1) is 11.3 Å². The van der Waals surface area contributed by atoms with Crippen molar-refractivity contribution in [2.75, 3.05) is 13.1 Å². The van der Waals surface area contributed by atoms with Crippen LogP contribution in [0.2, 0.25) is 0 Å². The lowest BCUT2D eigenvalue weighted by Crippen LogP contribution is -2.44. The van der Waals surface area contributed by atoms with E-state index in [0.29, 0.717) is 13.1 Å². The summed E-state index contributed by atoms with van der Waals surface area (Å²) in [5, 5.41) is 2.65. The number of furan rings is 1. The third-order valence-corrected chi connectivity index (χ3v) is 4.92. The van der Waals surface area contributed by atoms with Crippen LogP contribution in [0.3, 0.4) is 0 Å². The lowest BCUT2D eigenvalue weighted by atomic mass is 9.97. The number of aromatic nitrogens is 1. The van der Waals surface area contributed by atoms with Crippen molar-refractivity contribution < 1.29 is 14.0 Å². The van der Waals surface area contributed by atoms with Crippen LogP contribution in [0.4, 0.5) is 0 Å². The van der Waals surface area contributed by atoms with E-state index in [-0.39, 0.29) is 24.2 Å². The summed E-state index contributed by atoms with van der Waals surface area (Å²) >= 11 is 1.46. The van der Waals surface area contributed by atoms with Crippen LogP contribution in [0, 0.1) is 12.8 Å². The third-order valence-electron chi connectivity index (χ3n) is 4.01. The van der Waals surface area contributed by atoms with Crippen LogP contribution in [0.15, 0.2) is 21.9 Å². The van der Waals surface area contributed by atoms with E-state index in [1.54, 1.807) is 4.90 Å². The first-order chi connectivity index (χ1) is 11.0. The van der Waals surface area contributed by atoms with Gasteiger partial charge in [-0.3, -0.25) is 9.59 Å². The van der Waals surface area contributed by atoms with Gasteiger partial charge in [0.25, 0.3) is 0 Å².